The number of aryl methyl sites for hydroxylation is 3. The summed E-state index contributed by atoms with van der Waals surface area (Å²) in [6.07, 6.45) is 6.98. The zero-order valence-corrected chi connectivity index (χ0v) is 13.8. The van der Waals surface area contributed by atoms with Crippen molar-refractivity contribution in [2.24, 2.45) is 0 Å². The lowest BCUT2D eigenvalue weighted by Crippen LogP contribution is -2.32. The zero-order chi connectivity index (χ0) is 15.8. The van der Waals surface area contributed by atoms with Crippen molar-refractivity contribution in [3.8, 4) is 0 Å². The molecule has 1 aromatic carbocycles. The van der Waals surface area contributed by atoms with Crippen molar-refractivity contribution in [3.63, 3.8) is 0 Å². The first-order valence-electron chi connectivity index (χ1n) is 8.46. The molecule has 1 atom stereocenters. The van der Waals surface area contributed by atoms with Crippen LogP contribution >= 0.6 is 0 Å². The fourth-order valence-corrected chi connectivity index (χ4v) is 3.69. The maximum absolute atomic E-state index is 4.11. The Balaban J connectivity index is 1.73. The molecule has 2 N–H and O–H groups in total. The molecule has 1 unspecified atom stereocenters. The molecule has 3 nitrogen and oxygen atoms in total. The van der Waals surface area contributed by atoms with Crippen LogP contribution in [0.4, 0.5) is 0 Å². The third-order valence-corrected chi connectivity index (χ3v) is 5.01. The number of nitrogens with zero attached hydrogens (tertiary/aromatic N) is 1. The van der Waals surface area contributed by atoms with E-state index < -0.39 is 0 Å². The van der Waals surface area contributed by atoms with Gasteiger partial charge in [0.2, 0.25) is 0 Å². The molecule has 0 bridgehead atoms. The molecule has 23 heavy (non-hydrogen) atoms. The summed E-state index contributed by atoms with van der Waals surface area (Å²) in [5.74, 6) is 0. The number of rotatable bonds is 3. The van der Waals surface area contributed by atoms with Crippen LogP contribution in [0.5, 0.6) is 0 Å². The summed E-state index contributed by atoms with van der Waals surface area (Å²) in [6, 6.07) is 9.34. The van der Waals surface area contributed by atoms with E-state index in [0.29, 0.717) is 6.04 Å². The number of nitrogens with one attached hydrogen (secondary N) is 2. The predicted octanol–water partition coefficient (Wildman–Crippen LogP) is 3.69. The number of hydrogen-bond donors (Lipinski definition) is 2. The second-order valence-electron chi connectivity index (χ2n) is 6.72. The standard InChI is InChI=1S/C20H23N3/c1-13-3-5-16(6-4-15-7-9-21-10-8-15)19-17-12-22-14(2)11-18(17)23-20(13)19/h3,5,7-10,14,22-23H,4,6,11-12H2,1-2H3. The minimum absolute atomic E-state index is 0.552. The second kappa shape index (κ2) is 5.82. The van der Waals surface area contributed by atoms with Gasteiger partial charge in [-0.3, -0.25) is 4.98 Å². The van der Waals surface area contributed by atoms with E-state index in [1.54, 1.807) is 0 Å². The molecule has 0 amide bonds. The highest BCUT2D eigenvalue weighted by molar-refractivity contribution is 5.90. The van der Waals surface area contributed by atoms with Gasteiger partial charge in [-0.1, -0.05) is 12.1 Å². The average molecular weight is 305 g/mol. The van der Waals surface area contributed by atoms with Gasteiger partial charge in [-0.15, -0.1) is 0 Å². The van der Waals surface area contributed by atoms with Crippen LogP contribution < -0.4 is 5.32 Å². The Labute approximate surface area is 137 Å². The van der Waals surface area contributed by atoms with E-state index in [0.717, 1.165) is 25.8 Å². The Hall–Kier alpha value is -2.13. The van der Waals surface area contributed by atoms with Crippen molar-refractivity contribution in [2.75, 3.05) is 0 Å². The maximum Gasteiger partial charge on any atom is 0.0491 e. The van der Waals surface area contributed by atoms with Crippen LogP contribution in [0.1, 0.15) is 34.9 Å². The van der Waals surface area contributed by atoms with Gasteiger partial charge >= 0.3 is 0 Å². The number of H-pyrrole nitrogens is 1. The van der Waals surface area contributed by atoms with Crippen LogP contribution in [0, 0.1) is 6.92 Å². The van der Waals surface area contributed by atoms with Crippen LogP contribution in [0.2, 0.25) is 0 Å². The Kier molecular flexibility index (Phi) is 3.66. The third-order valence-electron chi connectivity index (χ3n) is 5.01. The van der Waals surface area contributed by atoms with E-state index in [4.69, 9.17) is 0 Å². The quantitative estimate of drug-likeness (QED) is 0.775. The molecule has 0 fully saturated rings. The van der Waals surface area contributed by atoms with Crippen LogP contribution in [0.25, 0.3) is 10.9 Å². The molecule has 2 aromatic heterocycles. The normalized spacial score (nSPS) is 17.4. The summed E-state index contributed by atoms with van der Waals surface area (Å²) in [7, 11) is 0. The van der Waals surface area contributed by atoms with Gasteiger partial charge < -0.3 is 10.3 Å². The summed E-state index contributed by atoms with van der Waals surface area (Å²) in [4.78, 5) is 7.81. The first-order chi connectivity index (χ1) is 11.2. The van der Waals surface area contributed by atoms with Crippen molar-refractivity contribution in [2.45, 2.75) is 45.7 Å². The maximum atomic E-state index is 4.11. The average Bonchev–Trinajstić information content (AvgIpc) is 2.95. The molecule has 1 aliphatic rings. The monoisotopic (exact) mass is 305 g/mol. The lowest BCUT2D eigenvalue weighted by molar-refractivity contribution is 0.511. The summed E-state index contributed by atoms with van der Waals surface area (Å²) in [5, 5.41) is 5.06. The number of fused-ring (bicyclic) bond motifs is 3. The second-order valence-corrected chi connectivity index (χ2v) is 6.72. The van der Waals surface area contributed by atoms with Gasteiger partial charge in [-0.25, -0.2) is 0 Å². The number of benzene rings is 1. The highest BCUT2D eigenvalue weighted by Gasteiger charge is 2.21. The molecule has 118 valence electrons. The van der Waals surface area contributed by atoms with Crippen molar-refractivity contribution in [1.29, 1.82) is 0 Å². The molecule has 1 aliphatic heterocycles. The fourth-order valence-electron chi connectivity index (χ4n) is 3.69. The molecule has 3 heterocycles. The highest BCUT2D eigenvalue weighted by atomic mass is 14.9. The summed E-state index contributed by atoms with van der Waals surface area (Å²) in [5.41, 5.74) is 8.38. The molecule has 0 saturated carbocycles. The molecule has 4 rings (SSSR count). The summed E-state index contributed by atoms with van der Waals surface area (Å²) < 4.78 is 0. The van der Waals surface area contributed by atoms with E-state index in [-0.39, 0.29) is 0 Å². The molecular formula is C20H23N3. The Morgan fingerprint density at radius 3 is 2.78 bits per heavy atom. The first kappa shape index (κ1) is 14.5. The van der Waals surface area contributed by atoms with Crippen molar-refractivity contribution >= 4 is 10.9 Å². The minimum atomic E-state index is 0.552. The summed E-state index contributed by atoms with van der Waals surface area (Å²) in [6.45, 7) is 5.43. The topological polar surface area (TPSA) is 40.7 Å². The minimum Gasteiger partial charge on any atom is -0.358 e. The van der Waals surface area contributed by atoms with E-state index in [1.807, 2.05) is 12.4 Å². The number of hydrogen-bond acceptors (Lipinski definition) is 2. The van der Waals surface area contributed by atoms with Gasteiger partial charge in [-0.05, 0) is 61.1 Å². The number of aromatic amines is 1. The Morgan fingerprint density at radius 2 is 1.96 bits per heavy atom. The first-order valence-corrected chi connectivity index (χ1v) is 8.46. The van der Waals surface area contributed by atoms with Crippen molar-refractivity contribution < 1.29 is 0 Å². The molecule has 3 heteroatoms. The fraction of sp³-hybridized carbons (Fsp3) is 0.350. The lowest BCUT2D eigenvalue weighted by Gasteiger charge is -2.20. The van der Waals surface area contributed by atoms with Gasteiger partial charge in [0.05, 0.1) is 0 Å². The largest absolute Gasteiger partial charge is 0.358 e. The molecular weight excluding hydrogens is 282 g/mol. The molecule has 3 aromatic rings. The summed E-state index contributed by atoms with van der Waals surface area (Å²) >= 11 is 0. The van der Waals surface area contributed by atoms with Gasteiger partial charge in [0.25, 0.3) is 0 Å². The molecule has 0 spiro atoms. The molecule has 0 saturated heterocycles. The molecule has 0 radical (unpaired) electrons. The van der Waals surface area contributed by atoms with Crippen LogP contribution in [-0.4, -0.2) is 16.0 Å². The number of aromatic nitrogens is 2. The zero-order valence-electron chi connectivity index (χ0n) is 13.8. The van der Waals surface area contributed by atoms with Gasteiger partial charge in [0.15, 0.2) is 0 Å². The van der Waals surface area contributed by atoms with E-state index >= 15 is 0 Å². The van der Waals surface area contributed by atoms with E-state index in [2.05, 4.69) is 53.4 Å². The molecule has 0 aliphatic carbocycles. The smallest absolute Gasteiger partial charge is 0.0491 e. The van der Waals surface area contributed by atoms with Gasteiger partial charge in [-0.2, -0.15) is 0 Å². The Bertz CT molecular complexity index is 833. The van der Waals surface area contributed by atoms with Crippen LogP contribution in [0.3, 0.4) is 0 Å². The third kappa shape index (κ3) is 2.66. The van der Waals surface area contributed by atoms with Crippen LogP contribution in [-0.2, 0) is 25.8 Å². The predicted molar refractivity (Wildman–Crippen MR) is 94.7 cm³/mol. The number of pyridine rings is 1. The van der Waals surface area contributed by atoms with E-state index in [1.165, 1.54) is 38.9 Å². The van der Waals surface area contributed by atoms with Gasteiger partial charge in [0.1, 0.15) is 0 Å². The van der Waals surface area contributed by atoms with Crippen LogP contribution in [0.15, 0.2) is 36.7 Å². The van der Waals surface area contributed by atoms with E-state index in [9.17, 15) is 0 Å². The highest BCUT2D eigenvalue weighted by Crippen LogP contribution is 2.31. The van der Waals surface area contributed by atoms with Crippen molar-refractivity contribution in [1.82, 2.24) is 15.3 Å². The lowest BCUT2D eigenvalue weighted by atomic mass is 9.95. The Morgan fingerprint density at radius 1 is 1.13 bits per heavy atom. The van der Waals surface area contributed by atoms with Gasteiger partial charge in [0, 0.05) is 48.0 Å². The van der Waals surface area contributed by atoms with Crippen molar-refractivity contribution in [3.05, 3.63) is 64.6 Å². The SMILES string of the molecule is Cc1ccc(CCc2ccncc2)c2c3c([nH]c12)CC(C)NC3.